The first-order valence-electron chi connectivity index (χ1n) is 7.36. The first-order chi connectivity index (χ1) is 9.59. The van der Waals surface area contributed by atoms with Gasteiger partial charge in [0.05, 0.1) is 4.90 Å². The van der Waals surface area contributed by atoms with Crippen LogP contribution in [-0.4, -0.2) is 18.8 Å². The Kier molecular flexibility index (Phi) is 3.59. The van der Waals surface area contributed by atoms with E-state index >= 15 is 0 Å². The van der Waals surface area contributed by atoms with Crippen LogP contribution in [0.4, 0.5) is 0 Å². The molecule has 0 radical (unpaired) electrons. The molecule has 20 heavy (non-hydrogen) atoms. The van der Waals surface area contributed by atoms with E-state index in [9.17, 15) is 8.42 Å². The Hall–Kier alpha value is -1.29. The second-order valence-corrected chi connectivity index (χ2v) is 7.72. The van der Waals surface area contributed by atoms with Crippen molar-refractivity contribution < 1.29 is 8.42 Å². The lowest BCUT2D eigenvalue weighted by Gasteiger charge is -2.41. The third-order valence-corrected chi connectivity index (χ3v) is 6.30. The summed E-state index contributed by atoms with van der Waals surface area (Å²) in [6.07, 6.45) is 9.31. The van der Waals surface area contributed by atoms with Gasteiger partial charge < -0.3 is 0 Å². The van der Waals surface area contributed by atoms with Gasteiger partial charge >= 0.3 is 0 Å². The van der Waals surface area contributed by atoms with Gasteiger partial charge in [-0.1, -0.05) is 36.6 Å². The minimum absolute atomic E-state index is 0.153. The number of fused-ring (bicyclic) bond motifs is 1. The minimum Gasteiger partial charge on any atom is -0.270 e. The Bertz CT molecular complexity index is 604. The lowest BCUT2D eigenvalue weighted by molar-refractivity contribution is 0.201. The number of nitrogens with zero attached hydrogens (tertiary/aromatic N) is 1. The van der Waals surface area contributed by atoms with Gasteiger partial charge in [0.15, 0.2) is 0 Å². The van der Waals surface area contributed by atoms with E-state index in [0.29, 0.717) is 10.8 Å². The van der Waals surface area contributed by atoms with E-state index in [1.54, 1.807) is 22.6 Å². The van der Waals surface area contributed by atoms with Crippen molar-refractivity contribution in [1.82, 2.24) is 4.31 Å². The fourth-order valence-electron chi connectivity index (χ4n) is 3.34. The molecule has 3 nitrogen and oxygen atoms in total. The molecule has 0 saturated heterocycles. The molecule has 0 bridgehead atoms. The van der Waals surface area contributed by atoms with Crippen molar-refractivity contribution in [3.05, 3.63) is 42.1 Å². The summed E-state index contributed by atoms with van der Waals surface area (Å²) < 4.78 is 27.3. The molecule has 0 N–H and O–H groups in total. The van der Waals surface area contributed by atoms with E-state index in [-0.39, 0.29) is 6.04 Å². The normalized spacial score (nSPS) is 26.4. The van der Waals surface area contributed by atoms with Crippen LogP contribution in [0.2, 0.25) is 0 Å². The molecule has 2 aliphatic rings. The van der Waals surface area contributed by atoms with Gasteiger partial charge in [-0.3, -0.25) is 4.31 Å². The average molecular weight is 291 g/mol. The van der Waals surface area contributed by atoms with Gasteiger partial charge in [-0.25, -0.2) is 8.42 Å². The van der Waals surface area contributed by atoms with Crippen LogP contribution in [0.5, 0.6) is 0 Å². The van der Waals surface area contributed by atoms with Crippen LogP contribution in [-0.2, 0) is 10.0 Å². The zero-order valence-electron chi connectivity index (χ0n) is 11.8. The molecule has 1 aliphatic heterocycles. The summed E-state index contributed by atoms with van der Waals surface area (Å²) >= 11 is 0. The molecular formula is C16H21NO2S. The van der Waals surface area contributed by atoms with Crippen LogP contribution in [0, 0.1) is 12.8 Å². The number of hydrogen-bond donors (Lipinski definition) is 0. The highest BCUT2D eigenvalue weighted by atomic mass is 32.2. The lowest BCUT2D eigenvalue weighted by atomic mass is 9.81. The molecular weight excluding hydrogens is 270 g/mol. The number of hydrogen-bond acceptors (Lipinski definition) is 2. The van der Waals surface area contributed by atoms with Gasteiger partial charge in [0.1, 0.15) is 0 Å². The van der Waals surface area contributed by atoms with E-state index in [1.165, 1.54) is 6.42 Å². The maximum absolute atomic E-state index is 12.8. The first-order valence-corrected chi connectivity index (χ1v) is 8.80. The SMILES string of the molecule is Cc1ccc(S(=O)(=O)N2C=CC[C@H]3CCCC[C@@H]32)cc1. The van der Waals surface area contributed by atoms with E-state index in [4.69, 9.17) is 0 Å². The van der Waals surface area contributed by atoms with Crippen LogP contribution in [0.15, 0.2) is 41.4 Å². The highest BCUT2D eigenvalue weighted by molar-refractivity contribution is 7.89. The zero-order chi connectivity index (χ0) is 14.2. The monoisotopic (exact) mass is 291 g/mol. The van der Waals surface area contributed by atoms with Gasteiger partial charge in [0.2, 0.25) is 0 Å². The maximum Gasteiger partial charge on any atom is 0.264 e. The standard InChI is InChI=1S/C16H21NO2S/c1-13-8-10-15(11-9-13)20(18,19)17-12-4-6-14-5-2-3-7-16(14)17/h4,8-12,14,16H,2-3,5-7H2,1H3/t14-,16+/m1/s1. The smallest absolute Gasteiger partial charge is 0.264 e. The maximum atomic E-state index is 12.8. The fourth-order valence-corrected chi connectivity index (χ4v) is 4.94. The first kappa shape index (κ1) is 13.7. The number of rotatable bonds is 2. The lowest BCUT2D eigenvalue weighted by Crippen LogP contribution is -2.44. The van der Waals surface area contributed by atoms with Gasteiger partial charge in [-0.15, -0.1) is 0 Å². The summed E-state index contributed by atoms with van der Waals surface area (Å²) in [5.74, 6) is 0.494. The van der Waals surface area contributed by atoms with Crippen molar-refractivity contribution in [3.63, 3.8) is 0 Å². The van der Waals surface area contributed by atoms with Crippen LogP contribution in [0.25, 0.3) is 0 Å². The topological polar surface area (TPSA) is 37.4 Å². The summed E-state index contributed by atoms with van der Waals surface area (Å²) in [6.45, 7) is 1.97. The number of benzene rings is 1. The minimum atomic E-state index is -3.40. The summed E-state index contributed by atoms with van der Waals surface area (Å²) in [7, 11) is -3.40. The molecule has 2 atom stereocenters. The molecule has 4 heteroatoms. The number of allylic oxidation sites excluding steroid dienone is 1. The van der Waals surface area contributed by atoms with E-state index in [2.05, 4.69) is 0 Å². The predicted octanol–water partition coefficient (Wildman–Crippen LogP) is 3.46. The van der Waals surface area contributed by atoms with Crippen molar-refractivity contribution >= 4 is 10.0 Å². The molecule has 0 aromatic heterocycles. The summed E-state index contributed by atoms with van der Waals surface area (Å²) in [5.41, 5.74) is 1.08. The van der Waals surface area contributed by atoms with Gasteiger partial charge in [-0.2, -0.15) is 0 Å². The van der Waals surface area contributed by atoms with Crippen LogP contribution in [0.1, 0.15) is 37.7 Å². The molecule has 1 saturated carbocycles. The molecule has 108 valence electrons. The summed E-state index contributed by atoms with van der Waals surface area (Å²) in [5, 5.41) is 0. The Morgan fingerprint density at radius 3 is 2.55 bits per heavy atom. The molecule has 3 rings (SSSR count). The summed E-state index contributed by atoms with van der Waals surface area (Å²) in [6, 6.07) is 7.30. The van der Waals surface area contributed by atoms with Crippen LogP contribution < -0.4 is 0 Å². The molecule has 1 aromatic carbocycles. The Morgan fingerprint density at radius 1 is 1.10 bits per heavy atom. The third-order valence-electron chi connectivity index (χ3n) is 4.48. The summed E-state index contributed by atoms with van der Waals surface area (Å²) in [4.78, 5) is 0.402. The third kappa shape index (κ3) is 2.37. The molecule has 1 fully saturated rings. The second kappa shape index (κ2) is 5.24. The van der Waals surface area contributed by atoms with Crippen molar-refractivity contribution in [2.75, 3.05) is 0 Å². The fraction of sp³-hybridized carbons (Fsp3) is 0.500. The van der Waals surface area contributed by atoms with Gasteiger partial charge in [-0.05, 0) is 44.2 Å². The molecule has 1 aromatic rings. The van der Waals surface area contributed by atoms with Crippen molar-refractivity contribution in [2.45, 2.75) is 50.0 Å². The molecule has 1 aliphatic carbocycles. The van der Waals surface area contributed by atoms with Gasteiger partial charge in [0.25, 0.3) is 10.0 Å². The number of sulfonamides is 1. The van der Waals surface area contributed by atoms with E-state index in [0.717, 1.165) is 31.2 Å². The van der Waals surface area contributed by atoms with E-state index in [1.807, 2.05) is 25.1 Å². The van der Waals surface area contributed by atoms with Gasteiger partial charge in [0, 0.05) is 12.2 Å². The number of aryl methyl sites for hydroxylation is 1. The molecule has 0 unspecified atom stereocenters. The van der Waals surface area contributed by atoms with Crippen LogP contribution >= 0.6 is 0 Å². The van der Waals surface area contributed by atoms with Crippen molar-refractivity contribution in [2.24, 2.45) is 5.92 Å². The average Bonchev–Trinajstić information content (AvgIpc) is 2.47. The predicted molar refractivity (Wildman–Crippen MR) is 79.7 cm³/mol. The Labute approximate surface area is 121 Å². The second-order valence-electron chi connectivity index (χ2n) is 5.88. The van der Waals surface area contributed by atoms with Crippen molar-refractivity contribution in [3.8, 4) is 0 Å². The molecule has 0 amide bonds. The highest BCUT2D eigenvalue weighted by Gasteiger charge is 2.37. The quantitative estimate of drug-likeness (QED) is 0.837. The molecule has 0 spiro atoms. The largest absolute Gasteiger partial charge is 0.270 e. The van der Waals surface area contributed by atoms with Crippen LogP contribution in [0.3, 0.4) is 0 Å². The highest BCUT2D eigenvalue weighted by Crippen LogP contribution is 2.37. The Balaban J connectivity index is 1.95. The van der Waals surface area contributed by atoms with Crippen molar-refractivity contribution in [1.29, 1.82) is 0 Å². The Morgan fingerprint density at radius 2 is 1.80 bits per heavy atom. The van der Waals surface area contributed by atoms with E-state index < -0.39 is 10.0 Å². The molecule has 1 heterocycles. The zero-order valence-corrected chi connectivity index (χ0v) is 12.6.